The van der Waals surface area contributed by atoms with Crippen LogP contribution in [0.15, 0.2) is 65.6 Å². The van der Waals surface area contributed by atoms with E-state index in [2.05, 4.69) is 32.3 Å². The quantitative estimate of drug-likeness (QED) is 0.267. The first-order valence-corrected chi connectivity index (χ1v) is 15.3. The standard InChI is InChI=1S/C34H38N6O4/c1-24(43-33-5-3-4-16-42-33)34-36-14-15-40(34)23-30-18-31(44-38-30)28-11-8-25(9-12-28)6-7-26-10-13-29(37-20-26)21-35-19-27-17-32(41)39(2)22-27/h8-15,18,20,24,27,33,35H,3-5,16-17,19,21-23H2,1-2H3/t24-,27?,33?/m0/s1. The van der Waals surface area contributed by atoms with Crippen LogP contribution in [0.2, 0.25) is 0 Å². The third-order valence-electron chi connectivity index (χ3n) is 8.00. The van der Waals surface area contributed by atoms with E-state index in [4.69, 9.17) is 14.0 Å². The van der Waals surface area contributed by atoms with Gasteiger partial charge in [-0.3, -0.25) is 9.78 Å². The predicted octanol–water partition coefficient (Wildman–Crippen LogP) is 4.55. The van der Waals surface area contributed by atoms with Gasteiger partial charge >= 0.3 is 0 Å². The van der Waals surface area contributed by atoms with Gasteiger partial charge in [0.05, 0.1) is 12.2 Å². The first kappa shape index (κ1) is 29.8. The van der Waals surface area contributed by atoms with Gasteiger partial charge in [0.1, 0.15) is 17.6 Å². The summed E-state index contributed by atoms with van der Waals surface area (Å²) in [5.41, 5.74) is 4.43. The summed E-state index contributed by atoms with van der Waals surface area (Å²) in [4.78, 5) is 22.5. The average molecular weight is 595 g/mol. The number of hydrogen-bond donors (Lipinski definition) is 1. The van der Waals surface area contributed by atoms with E-state index in [1.54, 1.807) is 17.3 Å². The van der Waals surface area contributed by atoms with Crippen LogP contribution in [0.25, 0.3) is 11.3 Å². The normalized spacial score (nSPS) is 19.1. The molecule has 2 unspecified atom stereocenters. The van der Waals surface area contributed by atoms with Crippen LogP contribution in [0.3, 0.4) is 0 Å². The van der Waals surface area contributed by atoms with Crippen LogP contribution in [0.1, 0.15) is 67.1 Å². The van der Waals surface area contributed by atoms with Crippen molar-refractivity contribution in [1.82, 2.24) is 29.9 Å². The SMILES string of the molecule is C[C@H](OC1CCCCO1)c1nccn1Cc1cc(-c2ccc(C#Cc3ccc(CNCC4CC(=O)N(C)C4)nc3)cc2)on1. The highest BCUT2D eigenvalue weighted by atomic mass is 16.7. The highest BCUT2D eigenvalue weighted by Gasteiger charge is 2.26. The lowest BCUT2D eigenvalue weighted by Gasteiger charge is -2.26. The van der Waals surface area contributed by atoms with Crippen LogP contribution in [0.5, 0.6) is 0 Å². The molecule has 2 fully saturated rings. The molecule has 2 aliphatic heterocycles. The summed E-state index contributed by atoms with van der Waals surface area (Å²) in [6, 6.07) is 13.8. The molecular formula is C34H38N6O4. The monoisotopic (exact) mass is 594 g/mol. The minimum absolute atomic E-state index is 0.176. The number of hydrogen-bond acceptors (Lipinski definition) is 8. The Labute approximate surface area is 257 Å². The van der Waals surface area contributed by atoms with Gasteiger partial charge in [-0.15, -0.1) is 0 Å². The van der Waals surface area contributed by atoms with E-state index in [0.29, 0.717) is 31.2 Å². The minimum atomic E-state index is -0.193. The number of aromatic nitrogens is 4. The van der Waals surface area contributed by atoms with Crippen molar-refractivity contribution in [2.45, 2.75) is 58.1 Å². The molecule has 10 heteroatoms. The Hall–Kier alpha value is -4.30. The number of ether oxygens (including phenoxy) is 2. The Morgan fingerprint density at radius 2 is 1.93 bits per heavy atom. The number of rotatable bonds is 10. The molecule has 0 radical (unpaired) electrons. The van der Waals surface area contributed by atoms with Crippen molar-refractivity contribution >= 4 is 5.91 Å². The fraction of sp³-hybridized carbons (Fsp3) is 0.412. The van der Waals surface area contributed by atoms with E-state index in [9.17, 15) is 4.79 Å². The molecule has 0 saturated carbocycles. The first-order chi connectivity index (χ1) is 21.5. The molecule has 3 aromatic heterocycles. The molecule has 228 valence electrons. The van der Waals surface area contributed by atoms with E-state index in [1.165, 1.54) is 0 Å². The van der Waals surface area contributed by atoms with Crippen molar-refractivity contribution in [3.05, 3.63) is 89.4 Å². The van der Waals surface area contributed by atoms with Gasteiger partial charge in [-0.1, -0.05) is 17.0 Å². The van der Waals surface area contributed by atoms with Gasteiger partial charge in [0.15, 0.2) is 12.1 Å². The Morgan fingerprint density at radius 3 is 2.68 bits per heavy atom. The molecule has 0 bridgehead atoms. The summed E-state index contributed by atoms with van der Waals surface area (Å²) < 4.78 is 19.5. The number of carbonyl (C=O) groups excluding carboxylic acids is 1. The zero-order chi connectivity index (χ0) is 30.3. The Bertz CT molecular complexity index is 1590. The van der Waals surface area contributed by atoms with Crippen molar-refractivity contribution < 1.29 is 18.8 Å². The number of carbonyl (C=O) groups is 1. The maximum absolute atomic E-state index is 11.7. The van der Waals surface area contributed by atoms with Crippen LogP contribution < -0.4 is 5.32 Å². The van der Waals surface area contributed by atoms with Gasteiger partial charge in [-0.25, -0.2) is 4.98 Å². The van der Waals surface area contributed by atoms with Gasteiger partial charge in [-0.2, -0.15) is 0 Å². The molecule has 0 aliphatic carbocycles. The van der Waals surface area contributed by atoms with Crippen molar-refractivity contribution in [3.63, 3.8) is 0 Å². The van der Waals surface area contributed by atoms with Crippen LogP contribution in [-0.2, 0) is 27.4 Å². The molecule has 2 aliphatic rings. The maximum Gasteiger partial charge on any atom is 0.222 e. The van der Waals surface area contributed by atoms with Crippen molar-refractivity contribution in [2.75, 3.05) is 26.7 Å². The fourth-order valence-corrected chi connectivity index (χ4v) is 5.58. The van der Waals surface area contributed by atoms with Crippen LogP contribution in [0, 0.1) is 17.8 Å². The number of benzene rings is 1. The van der Waals surface area contributed by atoms with Crippen molar-refractivity contribution in [3.8, 4) is 23.2 Å². The van der Waals surface area contributed by atoms with E-state index in [-0.39, 0.29) is 18.3 Å². The van der Waals surface area contributed by atoms with E-state index >= 15 is 0 Å². The number of amides is 1. The maximum atomic E-state index is 11.7. The lowest BCUT2D eigenvalue weighted by molar-refractivity contribution is -0.188. The second-order valence-electron chi connectivity index (χ2n) is 11.5. The van der Waals surface area contributed by atoms with Gasteiger partial charge in [0.25, 0.3) is 0 Å². The van der Waals surface area contributed by atoms with Crippen molar-refractivity contribution in [2.24, 2.45) is 5.92 Å². The van der Waals surface area contributed by atoms with E-state index < -0.39 is 0 Å². The number of imidazole rings is 1. The number of nitrogens with zero attached hydrogens (tertiary/aromatic N) is 5. The lowest BCUT2D eigenvalue weighted by Crippen LogP contribution is -2.25. The Balaban J connectivity index is 1.00. The number of likely N-dealkylation sites (tertiary alicyclic amines) is 1. The molecule has 1 aromatic carbocycles. The topological polar surface area (TPSA) is 108 Å². The van der Waals surface area contributed by atoms with E-state index in [0.717, 1.165) is 72.9 Å². The van der Waals surface area contributed by atoms with Gasteiger partial charge in [0.2, 0.25) is 5.91 Å². The summed E-state index contributed by atoms with van der Waals surface area (Å²) >= 11 is 0. The summed E-state index contributed by atoms with van der Waals surface area (Å²) in [6.45, 7) is 5.57. The summed E-state index contributed by atoms with van der Waals surface area (Å²) in [5.74, 6) is 8.51. The molecule has 10 nitrogen and oxygen atoms in total. The summed E-state index contributed by atoms with van der Waals surface area (Å²) in [5, 5.41) is 7.70. The third kappa shape index (κ3) is 7.61. The summed E-state index contributed by atoms with van der Waals surface area (Å²) in [7, 11) is 1.86. The lowest BCUT2D eigenvalue weighted by atomic mass is 10.1. The van der Waals surface area contributed by atoms with Crippen molar-refractivity contribution in [1.29, 1.82) is 0 Å². The Kier molecular flexibility index (Phi) is 9.46. The molecule has 5 heterocycles. The fourth-order valence-electron chi connectivity index (χ4n) is 5.58. The largest absolute Gasteiger partial charge is 0.356 e. The van der Waals surface area contributed by atoms with Crippen LogP contribution in [0.4, 0.5) is 0 Å². The third-order valence-corrected chi connectivity index (χ3v) is 8.00. The van der Waals surface area contributed by atoms with Gasteiger partial charge < -0.3 is 28.8 Å². The molecule has 1 N–H and O–H groups in total. The van der Waals surface area contributed by atoms with Crippen LogP contribution in [-0.4, -0.2) is 63.5 Å². The second kappa shape index (κ2) is 14.0. The second-order valence-corrected chi connectivity index (χ2v) is 11.5. The predicted molar refractivity (Wildman–Crippen MR) is 164 cm³/mol. The number of pyridine rings is 1. The van der Waals surface area contributed by atoms with E-state index in [1.807, 2.05) is 67.2 Å². The molecule has 0 spiro atoms. The summed E-state index contributed by atoms with van der Waals surface area (Å²) in [6.07, 6.45) is 8.87. The molecule has 3 atom stereocenters. The molecule has 44 heavy (non-hydrogen) atoms. The highest BCUT2D eigenvalue weighted by molar-refractivity contribution is 5.78. The van der Waals surface area contributed by atoms with Crippen LogP contribution >= 0.6 is 0 Å². The molecule has 6 rings (SSSR count). The molecule has 2 saturated heterocycles. The molecule has 1 amide bonds. The first-order valence-electron chi connectivity index (χ1n) is 15.3. The minimum Gasteiger partial charge on any atom is -0.356 e. The van der Waals surface area contributed by atoms with Gasteiger partial charge in [0, 0.05) is 81.1 Å². The zero-order valence-electron chi connectivity index (χ0n) is 25.2. The average Bonchev–Trinajstić information content (AvgIpc) is 3.78. The highest BCUT2D eigenvalue weighted by Crippen LogP contribution is 2.25. The smallest absolute Gasteiger partial charge is 0.222 e. The molecular weight excluding hydrogens is 556 g/mol. The number of nitrogens with one attached hydrogen (secondary N) is 1. The Morgan fingerprint density at radius 1 is 1.09 bits per heavy atom. The zero-order valence-corrected chi connectivity index (χ0v) is 25.2. The molecule has 4 aromatic rings. The van der Waals surface area contributed by atoms with Gasteiger partial charge in [-0.05, 0) is 68.5 Å².